The molecule has 0 saturated heterocycles. The van der Waals surface area contributed by atoms with Gasteiger partial charge < -0.3 is 5.11 Å². The fourth-order valence-electron chi connectivity index (χ4n) is 11.5. The van der Waals surface area contributed by atoms with Crippen molar-refractivity contribution >= 4 is 11.7 Å². The molecule has 1 amide bonds. The molecule has 0 aromatic carbocycles. The molecule has 0 aromatic rings. The first-order chi connectivity index (χ1) is 16.5. The van der Waals surface area contributed by atoms with E-state index in [1.54, 1.807) is 0 Å². The van der Waals surface area contributed by atoms with Crippen LogP contribution < -0.4 is 0 Å². The van der Waals surface area contributed by atoms with Crippen molar-refractivity contribution in [1.29, 1.82) is 0 Å². The lowest BCUT2D eigenvalue weighted by atomic mass is 9.31. The van der Waals surface area contributed by atoms with Crippen LogP contribution in [0, 0.1) is 56.2 Å². The Balaban J connectivity index is 1.55. The number of hydrogen-bond donors (Lipinski definition) is 2. The number of carbonyl (C=O) groups excluding carboxylic acids is 2. The monoisotopic (exact) mass is 501 g/mol. The van der Waals surface area contributed by atoms with Crippen LogP contribution in [-0.4, -0.2) is 40.2 Å². The van der Waals surface area contributed by atoms with Gasteiger partial charge in [-0.3, -0.25) is 14.8 Å². The SMILES string of the molecule is CN(O)C(=O)[C@@]1(C)CC[C@]2(C)CC[C@]3(C)[C@H](CC(=O)[C@@H]4[C@@]5(C)CC[C@H](O)C(C)(C)C5CC[C@]43C)[C@H]2C1. The first-order valence-electron chi connectivity index (χ1n) is 14.6. The summed E-state index contributed by atoms with van der Waals surface area (Å²) in [6.45, 7) is 16.2. The quantitative estimate of drug-likeness (QED) is 0.329. The number of aliphatic hydroxyl groups excluding tert-OH is 1. The number of rotatable bonds is 1. The summed E-state index contributed by atoms with van der Waals surface area (Å²) >= 11 is 0. The summed E-state index contributed by atoms with van der Waals surface area (Å²) in [5.41, 5.74) is -0.670. The predicted octanol–water partition coefficient (Wildman–Crippen LogP) is 6.26. The van der Waals surface area contributed by atoms with Crippen LogP contribution in [0.15, 0.2) is 0 Å². The van der Waals surface area contributed by atoms with E-state index < -0.39 is 5.41 Å². The molecule has 5 aliphatic rings. The van der Waals surface area contributed by atoms with Crippen molar-refractivity contribution in [3.63, 3.8) is 0 Å². The summed E-state index contributed by atoms with van der Waals surface area (Å²) in [4.78, 5) is 27.5. The van der Waals surface area contributed by atoms with Gasteiger partial charge >= 0.3 is 0 Å². The van der Waals surface area contributed by atoms with Crippen molar-refractivity contribution in [2.45, 2.75) is 119 Å². The molecule has 5 aliphatic carbocycles. The van der Waals surface area contributed by atoms with E-state index in [-0.39, 0.29) is 50.9 Å². The third-order valence-corrected chi connectivity index (χ3v) is 13.9. The minimum Gasteiger partial charge on any atom is -0.393 e. The highest BCUT2D eigenvalue weighted by atomic mass is 16.5. The maximum Gasteiger partial charge on any atom is 0.251 e. The number of nitrogens with zero attached hydrogens (tertiary/aromatic N) is 1. The fraction of sp³-hybridized carbons (Fsp3) is 0.935. The van der Waals surface area contributed by atoms with Gasteiger partial charge in [0.25, 0.3) is 5.91 Å². The molecule has 10 atom stereocenters. The minimum atomic E-state index is -0.570. The van der Waals surface area contributed by atoms with Crippen LogP contribution in [0.25, 0.3) is 0 Å². The van der Waals surface area contributed by atoms with Crippen LogP contribution >= 0.6 is 0 Å². The zero-order valence-corrected chi connectivity index (χ0v) is 24.1. The Morgan fingerprint density at radius 1 is 0.861 bits per heavy atom. The standard InChI is InChI=1S/C31H51NO4/c1-26(2)22-9-12-31(7)24(29(22,5)11-10-23(26)34)21(33)17-19-20-18-28(4,25(35)32(8)36)14-13-27(20,3)15-16-30(19,31)6/h19-20,22-24,34,36H,9-18H2,1-8H3/t19-,20-,22?,23+,24-,27-,28+,29+,30-,31-/m1/s1. The molecule has 1 unspecified atom stereocenters. The van der Waals surface area contributed by atoms with Gasteiger partial charge in [0.05, 0.1) is 6.10 Å². The van der Waals surface area contributed by atoms with E-state index in [2.05, 4.69) is 41.5 Å². The molecule has 204 valence electrons. The Morgan fingerprint density at radius 3 is 2.14 bits per heavy atom. The van der Waals surface area contributed by atoms with E-state index in [4.69, 9.17) is 0 Å². The van der Waals surface area contributed by atoms with Crippen molar-refractivity contribution in [2.24, 2.45) is 56.2 Å². The largest absolute Gasteiger partial charge is 0.393 e. The summed E-state index contributed by atoms with van der Waals surface area (Å²) in [5, 5.41) is 21.7. The van der Waals surface area contributed by atoms with Gasteiger partial charge in [0.2, 0.25) is 0 Å². The second-order valence-electron chi connectivity index (χ2n) is 15.9. The lowest BCUT2D eigenvalue weighted by Gasteiger charge is -2.72. The van der Waals surface area contributed by atoms with Crippen molar-refractivity contribution < 1.29 is 19.9 Å². The Hall–Kier alpha value is -0.940. The topological polar surface area (TPSA) is 77.8 Å². The smallest absolute Gasteiger partial charge is 0.251 e. The Labute approximate surface area is 218 Å². The molecule has 0 aromatic heterocycles. The molecule has 0 heterocycles. The Bertz CT molecular complexity index is 960. The zero-order valence-electron chi connectivity index (χ0n) is 24.1. The molecule has 2 N–H and O–H groups in total. The van der Waals surface area contributed by atoms with Crippen LogP contribution in [-0.2, 0) is 9.59 Å². The van der Waals surface area contributed by atoms with Crippen molar-refractivity contribution in [3.05, 3.63) is 0 Å². The van der Waals surface area contributed by atoms with Crippen LogP contribution in [0.2, 0.25) is 0 Å². The number of aliphatic hydroxyl groups is 1. The predicted molar refractivity (Wildman–Crippen MR) is 140 cm³/mol. The summed E-state index contributed by atoms with van der Waals surface area (Å²) in [6.07, 6.45) is 9.05. The van der Waals surface area contributed by atoms with E-state index in [1.807, 2.05) is 6.92 Å². The first kappa shape index (κ1) is 26.7. The van der Waals surface area contributed by atoms with Gasteiger partial charge in [-0.25, -0.2) is 5.06 Å². The summed E-state index contributed by atoms with van der Waals surface area (Å²) in [5.74, 6) is 1.27. The Morgan fingerprint density at radius 2 is 1.50 bits per heavy atom. The summed E-state index contributed by atoms with van der Waals surface area (Å²) < 4.78 is 0. The van der Waals surface area contributed by atoms with E-state index in [0.717, 1.165) is 62.9 Å². The lowest BCUT2D eigenvalue weighted by molar-refractivity contribution is -0.243. The molecular weight excluding hydrogens is 450 g/mol. The lowest BCUT2D eigenvalue weighted by Crippen LogP contribution is -2.69. The maximum atomic E-state index is 14.4. The van der Waals surface area contributed by atoms with E-state index in [9.17, 15) is 19.9 Å². The highest BCUT2D eigenvalue weighted by molar-refractivity contribution is 5.85. The zero-order chi connectivity index (χ0) is 26.7. The van der Waals surface area contributed by atoms with Gasteiger partial charge in [-0.15, -0.1) is 0 Å². The summed E-state index contributed by atoms with van der Waals surface area (Å²) in [7, 11) is 1.45. The molecule has 5 nitrogen and oxygen atoms in total. The number of Topliss-reactive ketones (excluding diaryl/α,β-unsaturated/α-hetero) is 1. The average molecular weight is 502 g/mol. The molecule has 5 rings (SSSR count). The molecule has 0 spiro atoms. The average Bonchev–Trinajstić information content (AvgIpc) is 2.78. The molecule has 5 saturated carbocycles. The van der Waals surface area contributed by atoms with Crippen LogP contribution in [0.5, 0.6) is 0 Å². The highest BCUT2D eigenvalue weighted by Gasteiger charge is 2.72. The molecule has 5 heteroatoms. The fourth-order valence-corrected chi connectivity index (χ4v) is 11.5. The third-order valence-electron chi connectivity index (χ3n) is 13.9. The number of hydroxylamine groups is 2. The minimum absolute atomic E-state index is 0.0429. The highest BCUT2D eigenvalue weighted by Crippen LogP contribution is 2.76. The molecule has 36 heavy (non-hydrogen) atoms. The normalized spacial score (nSPS) is 53.9. The molecule has 0 bridgehead atoms. The number of amides is 1. The van der Waals surface area contributed by atoms with Crippen LogP contribution in [0.4, 0.5) is 0 Å². The second-order valence-corrected chi connectivity index (χ2v) is 15.9. The van der Waals surface area contributed by atoms with Gasteiger partial charge in [0.1, 0.15) is 5.78 Å². The van der Waals surface area contributed by atoms with Gasteiger partial charge in [-0.05, 0) is 103 Å². The number of ketones is 1. The van der Waals surface area contributed by atoms with Crippen molar-refractivity contribution in [2.75, 3.05) is 7.05 Å². The van der Waals surface area contributed by atoms with Gasteiger partial charge in [0, 0.05) is 24.8 Å². The number of carbonyl (C=O) groups is 2. The molecule has 0 aliphatic heterocycles. The van der Waals surface area contributed by atoms with Gasteiger partial charge in [-0.1, -0.05) is 48.5 Å². The molecule has 5 fully saturated rings. The number of fused-ring (bicyclic) bond motifs is 7. The molecular formula is C31H51NO4. The van der Waals surface area contributed by atoms with Crippen LogP contribution in [0.3, 0.4) is 0 Å². The van der Waals surface area contributed by atoms with Crippen molar-refractivity contribution in [1.82, 2.24) is 5.06 Å². The Kier molecular flexibility index (Phi) is 5.78. The van der Waals surface area contributed by atoms with Gasteiger partial charge in [0.15, 0.2) is 0 Å². The van der Waals surface area contributed by atoms with E-state index >= 15 is 0 Å². The summed E-state index contributed by atoms with van der Waals surface area (Å²) in [6, 6.07) is 0. The van der Waals surface area contributed by atoms with Crippen molar-refractivity contribution in [3.8, 4) is 0 Å². The second kappa shape index (κ2) is 7.81. The third kappa shape index (κ3) is 3.20. The molecule has 0 radical (unpaired) electrons. The number of hydrogen-bond acceptors (Lipinski definition) is 4. The first-order valence-corrected chi connectivity index (χ1v) is 14.6. The van der Waals surface area contributed by atoms with Crippen LogP contribution in [0.1, 0.15) is 113 Å². The maximum absolute atomic E-state index is 14.4. The van der Waals surface area contributed by atoms with Gasteiger partial charge in [-0.2, -0.15) is 0 Å². The van der Waals surface area contributed by atoms with E-state index in [1.165, 1.54) is 7.05 Å². The van der Waals surface area contributed by atoms with E-state index in [0.29, 0.717) is 24.0 Å².